The normalized spacial score (nSPS) is 12.0. The molecule has 1 atom stereocenters. The number of anilines is 2. The van der Waals surface area contributed by atoms with Gasteiger partial charge in [-0.1, -0.05) is 41.9 Å². The summed E-state index contributed by atoms with van der Waals surface area (Å²) >= 11 is 6.00. The molecule has 122 valence electrons. The number of rotatable bonds is 4. The fraction of sp³-hybridized carbons (Fsp3) is 0.158. The van der Waals surface area contributed by atoms with Crippen molar-refractivity contribution in [3.63, 3.8) is 0 Å². The first-order valence-corrected chi connectivity index (χ1v) is 8.07. The number of hydrogen-bond acceptors (Lipinski definition) is 3. The molecule has 1 N–H and O–H groups in total. The van der Waals surface area contributed by atoms with Crippen molar-refractivity contribution in [2.24, 2.45) is 0 Å². The highest BCUT2D eigenvalue weighted by Crippen LogP contribution is 2.23. The van der Waals surface area contributed by atoms with Crippen molar-refractivity contribution in [1.82, 2.24) is 4.98 Å². The highest BCUT2D eigenvalue weighted by Gasteiger charge is 2.19. The molecule has 1 heterocycles. The molecule has 0 bridgehead atoms. The van der Waals surface area contributed by atoms with Crippen LogP contribution >= 0.6 is 11.6 Å². The third-order valence-electron chi connectivity index (χ3n) is 4.12. The topological polar surface area (TPSA) is 45.2 Å². The van der Waals surface area contributed by atoms with E-state index < -0.39 is 0 Å². The fourth-order valence-electron chi connectivity index (χ4n) is 2.51. The number of amides is 1. The van der Waals surface area contributed by atoms with Crippen molar-refractivity contribution in [2.45, 2.75) is 13.0 Å². The number of carbonyl (C=O) groups is 1. The van der Waals surface area contributed by atoms with E-state index in [9.17, 15) is 4.79 Å². The summed E-state index contributed by atoms with van der Waals surface area (Å²) in [6.45, 7) is 1.86. The smallest absolute Gasteiger partial charge is 0.246 e. The lowest BCUT2D eigenvalue weighted by Crippen LogP contribution is -2.39. The van der Waals surface area contributed by atoms with Crippen LogP contribution in [0.25, 0.3) is 10.8 Å². The molecule has 4 nitrogen and oxygen atoms in total. The fourth-order valence-corrected chi connectivity index (χ4v) is 2.68. The molecule has 1 unspecified atom stereocenters. The Bertz CT molecular complexity index is 881. The first kappa shape index (κ1) is 16.3. The van der Waals surface area contributed by atoms with Gasteiger partial charge >= 0.3 is 0 Å². The summed E-state index contributed by atoms with van der Waals surface area (Å²) in [4.78, 5) is 18.4. The van der Waals surface area contributed by atoms with Crippen molar-refractivity contribution < 1.29 is 4.79 Å². The van der Waals surface area contributed by atoms with Gasteiger partial charge in [-0.05, 0) is 42.0 Å². The van der Waals surface area contributed by atoms with Crippen LogP contribution in [0.3, 0.4) is 0 Å². The summed E-state index contributed by atoms with van der Waals surface area (Å²) in [7, 11) is 1.90. The van der Waals surface area contributed by atoms with Gasteiger partial charge in [0.1, 0.15) is 6.04 Å². The Kier molecular flexibility index (Phi) is 4.67. The van der Waals surface area contributed by atoms with Gasteiger partial charge in [-0.15, -0.1) is 0 Å². The van der Waals surface area contributed by atoms with E-state index in [1.807, 2.05) is 37.1 Å². The minimum atomic E-state index is -0.359. The molecule has 0 saturated heterocycles. The van der Waals surface area contributed by atoms with Gasteiger partial charge < -0.3 is 10.2 Å². The van der Waals surface area contributed by atoms with E-state index in [0.29, 0.717) is 5.69 Å². The van der Waals surface area contributed by atoms with Crippen LogP contribution < -0.4 is 10.2 Å². The van der Waals surface area contributed by atoms with Crippen LogP contribution in [-0.4, -0.2) is 24.0 Å². The molecule has 0 saturated carbocycles. The van der Waals surface area contributed by atoms with Crippen LogP contribution in [0.5, 0.6) is 0 Å². The SMILES string of the molecule is CC(C(=O)Nc1cccnc1Cl)N(C)c1ccc2ccccc2c1. The average Bonchev–Trinajstić information content (AvgIpc) is 2.62. The number of benzene rings is 2. The Morgan fingerprint density at radius 3 is 2.62 bits per heavy atom. The molecule has 0 aliphatic heterocycles. The van der Waals surface area contributed by atoms with Crippen LogP contribution in [0.4, 0.5) is 11.4 Å². The lowest BCUT2D eigenvalue weighted by Gasteiger charge is -2.26. The summed E-state index contributed by atoms with van der Waals surface area (Å²) in [6.07, 6.45) is 1.59. The van der Waals surface area contributed by atoms with Crippen LogP contribution in [0.2, 0.25) is 5.15 Å². The van der Waals surface area contributed by atoms with Gasteiger partial charge in [0.15, 0.2) is 5.15 Å². The minimum absolute atomic E-state index is 0.138. The predicted octanol–water partition coefficient (Wildman–Crippen LogP) is 4.35. The maximum absolute atomic E-state index is 12.5. The Hall–Kier alpha value is -2.59. The molecule has 1 amide bonds. The zero-order valence-corrected chi connectivity index (χ0v) is 14.3. The second-order valence-electron chi connectivity index (χ2n) is 5.65. The van der Waals surface area contributed by atoms with E-state index in [2.05, 4.69) is 34.6 Å². The summed E-state index contributed by atoms with van der Waals surface area (Å²) in [5.41, 5.74) is 1.50. The summed E-state index contributed by atoms with van der Waals surface area (Å²) in [6, 6.07) is 17.4. The Labute approximate surface area is 146 Å². The number of halogens is 1. The lowest BCUT2D eigenvalue weighted by molar-refractivity contribution is -0.117. The van der Waals surface area contributed by atoms with Crippen molar-refractivity contribution in [1.29, 1.82) is 0 Å². The van der Waals surface area contributed by atoms with Gasteiger partial charge in [0.25, 0.3) is 0 Å². The van der Waals surface area contributed by atoms with Gasteiger partial charge in [0.05, 0.1) is 5.69 Å². The highest BCUT2D eigenvalue weighted by molar-refractivity contribution is 6.32. The molecule has 0 spiro atoms. The van der Waals surface area contributed by atoms with E-state index >= 15 is 0 Å². The largest absolute Gasteiger partial charge is 0.363 e. The van der Waals surface area contributed by atoms with Crippen LogP contribution in [-0.2, 0) is 4.79 Å². The molecule has 2 aromatic carbocycles. The number of likely N-dealkylation sites (N-methyl/N-ethyl adjacent to an activating group) is 1. The van der Waals surface area contributed by atoms with Crippen molar-refractivity contribution in [2.75, 3.05) is 17.3 Å². The third kappa shape index (κ3) is 3.34. The second-order valence-corrected chi connectivity index (χ2v) is 6.01. The molecule has 3 rings (SSSR count). The standard InChI is InChI=1S/C19H18ClN3O/c1-13(19(24)22-17-8-5-11-21-18(17)20)23(2)16-10-9-14-6-3-4-7-15(14)12-16/h3-13H,1-2H3,(H,22,24). The van der Waals surface area contributed by atoms with Crippen molar-refractivity contribution in [3.05, 3.63) is 65.9 Å². The van der Waals surface area contributed by atoms with Crippen LogP contribution in [0.15, 0.2) is 60.8 Å². The quantitative estimate of drug-likeness (QED) is 0.719. The summed E-state index contributed by atoms with van der Waals surface area (Å²) < 4.78 is 0. The zero-order chi connectivity index (χ0) is 17.1. The third-order valence-corrected chi connectivity index (χ3v) is 4.42. The Morgan fingerprint density at radius 2 is 1.88 bits per heavy atom. The maximum Gasteiger partial charge on any atom is 0.246 e. The molecule has 0 fully saturated rings. The predicted molar refractivity (Wildman–Crippen MR) is 99.7 cm³/mol. The molecule has 0 aliphatic carbocycles. The average molecular weight is 340 g/mol. The number of nitrogens with one attached hydrogen (secondary N) is 1. The van der Waals surface area contributed by atoms with Crippen molar-refractivity contribution >= 4 is 39.7 Å². The highest BCUT2D eigenvalue weighted by atomic mass is 35.5. The molecule has 24 heavy (non-hydrogen) atoms. The van der Waals surface area contributed by atoms with Gasteiger partial charge in [-0.2, -0.15) is 0 Å². The number of nitrogens with zero attached hydrogens (tertiary/aromatic N) is 2. The van der Waals surface area contributed by atoms with Gasteiger partial charge in [0.2, 0.25) is 5.91 Å². The number of hydrogen-bond donors (Lipinski definition) is 1. The van der Waals surface area contributed by atoms with Crippen molar-refractivity contribution in [3.8, 4) is 0 Å². The second kappa shape index (κ2) is 6.89. The monoisotopic (exact) mass is 339 g/mol. The number of pyridine rings is 1. The van der Waals surface area contributed by atoms with Crippen LogP contribution in [0.1, 0.15) is 6.92 Å². The van der Waals surface area contributed by atoms with E-state index in [4.69, 9.17) is 11.6 Å². The van der Waals surface area contributed by atoms with Gasteiger partial charge in [0, 0.05) is 18.9 Å². The maximum atomic E-state index is 12.5. The number of carbonyl (C=O) groups excluding carboxylic acids is 1. The molecular weight excluding hydrogens is 322 g/mol. The van der Waals surface area contributed by atoms with E-state index in [-0.39, 0.29) is 17.1 Å². The molecular formula is C19H18ClN3O. The zero-order valence-electron chi connectivity index (χ0n) is 13.5. The Balaban J connectivity index is 1.78. The number of aromatic nitrogens is 1. The molecule has 0 aliphatic rings. The first-order valence-electron chi connectivity index (χ1n) is 7.69. The van der Waals surface area contributed by atoms with Gasteiger partial charge in [-0.25, -0.2) is 4.98 Å². The minimum Gasteiger partial charge on any atom is -0.363 e. The summed E-state index contributed by atoms with van der Waals surface area (Å²) in [5.74, 6) is -0.138. The Morgan fingerprint density at radius 1 is 1.12 bits per heavy atom. The lowest BCUT2D eigenvalue weighted by atomic mass is 10.1. The molecule has 0 radical (unpaired) electrons. The van der Waals surface area contributed by atoms with E-state index in [0.717, 1.165) is 11.1 Å². The van der Waals surface area contributed by atoms with Crippen LogP contribution in [0, 0.1) is 0 Å². The molecule has 1 aromatic heterocycles. The summed E-state index contributed by atoms with van der Waals surface area (Å²) in [5, 5.41) is 5.42. The molecule has 5 heteroatoms. The first-order chi connectivity index (χ1) is 11.6. The van der Waals surface area contributed by atoms with E-state index in [1.54, 1.807) is 18.3 Å². The van der Waals surface area contributed by atoms with Gasteiger partial charge in [-0.3, -0.25) is 4.79 Å². The van der Waals surface area contributed by atoms with E-state index in [1.165, 1.54) is 5.39 Å². The number of fused-ring (bicyclic) bond motifs is 1. The molecule has 3 aromatic rings.